The number of rotatable bonds is 5. The monoisotopic (exact) mass is 280 g/mol. The maximum Gasteiger partial charge on any atom is 0.227 e. The zero-order valence-electron chi connectivity index (χ0n) is 13.3. The Bertz CT molecular complexity index is 297. The summed E-state index contributed by atoms with van der Waals surface area (Å²) in [6.45, 7) is 6.42. The first-order valence-corrected chi connectivity index (χ1v) is 8.72. The van der Waals surface area contributed by atoms with Crippen LogP contribution in [-0.2, 0) is 4.79 Å². The molecular formula is C17H32N2O. The molecular weight excluding hydrogens is 248 g/mol. The van der Waals surface area contributed by atoms with E-state index < -0.39 is 0 Å². The van der Waals surface area contributed by atoms with Crippen LogP contribution >= 0.6 is 0 Å². The minimum Gasteiger partial charge on any atom is -0.353 e. The molecule has 0 aromatic rings. The molecule has 2 fully saturated rings. The van der Waals surface area contributed by atoms with E-state index in [-0.39, 0.29) is 5.41 Å². The van der Waals surface area contributed by atoms with Gasteiger partial charge in [-0.05, 0) is 57.4 Å². The fourth-order valence-electron chi connectivity index (χ4n) is 4.02. The van der Waals surface area contributed by atoms with Crippen LogP contribution in [0.3, 0.4) is 0 Å². The highest BCUT2D eigenvalue weighted by atomic mass is 16.2. The van der Waals surface area contributed by atoms with E-state index in [0.717, 1.165) is 44.7 Å². The van der Waals surface area contributed by atoms with Gasteiger partial charge < -0.3 is 10.6 Å². The highest BCUT2D eigenvalue weighted by molar-refractivity contribution is 5.83. The minimum absolute atomic E-state index is 0.130. The summed E-state index contributed by atoms with van der Waals surface area (Å²) in [4.78, 5) is 12.8. The van der Waals surface area contributed by atoms with Crippen LogP contribution in [0.5, 0.6) is 0 Å². The summed E-state index contributed by atoms with van der Waals surface area (Å²) in [7, 11) is 0. The fraction of sp³-hybridized carbons (Fsp3) is 0.941. The summed E-state index contributed by atoms with van der Waals surface area (Å²) in [5.74, 6) is 1.22. The SMILES string of the molecule is CCCC1(C(=O)NC2CCC(CC)CC2)CCCNC1. The molecule has 0 aromatic carbocycles. The first kappa shape index (κ1) is 15.8. The molecule has 0 radical (unpaired) electrons. The lowest BCUT2D eigenvalue weighted by Crippen LogP contribution is -2.53. The van der Waals surface area contributed by atoms with Gasteiger partial charge in [0.2, 0.25) is 5.91 Å². The van der Waals surface area contributed by atoms with Crippen LogP contribution in [0, 0.1) is 11.3 Å². The van der Waals surface area contributed by atoms with E-state index in [9.17, 15) is 4.79 Å². The molecule has 3 heteroatoms. The Balaban J connectivity index is 1.88. The molecule has 1 amide bonds. The Morgan fingerprint density at radius 3 is 2.55 bits per heavy atom. The van der Waals surface area contributed by atoms with Gasteiger partial charge in [0.1, 0.15) is 0 Å². The number of carbonyl (C=O) groups excluding carboxylic acids is 1. The maximum absolute atomic E-state index is 12.8. The molecule has 1 unspecified atom stereocenters. The second-order valence-electron chi connectivity index (χ2n) is 6.91. The number of nitrogens with one attached hydrogen (secondary N) is 2. The Morgan fingerprint density at radius 2 is 2.00 bits per heavy atom. The molecule has 2 N–H and O–H groups in total. The summed E-state index contributed by atoms with van der Waals surface area (Å²) >= 11 is 0. The van der Waals surface area contributed by atoms with Crippen LogP contribution in [-0.4, -0.2) is 25.0 Å². The Hall–Kier alpha value is -0.570. The number of hydrogen-bond acceptors (Lipinski definition) is 2. The number of amides is 1. The van der Waals surface area contributed by atoms with Crippen molar-refractivity contribution in [3.8, 4) is 0 Å². The molecule has 1 aliphatic heterocycles. The van der Waals surface area contributed by atoms with Crippen LogP contribution in [0.4, 0.5) is 0 Å². The zero-order valence-corrected chi connectivity index (χ0v) is 13.3. The van der Waals surface area contributed by atoms with Crippen molar-refractivity contribution < 1.29 is 4.79 Å². The van der Waals surface area contributed by atoms with Gasteiger partial charge >= 0.3 is 0 Å². The highest BCUT2D eigenvalue weighted by Gasteiger charge is 2.39. The van der Waals surface area contributed by atoms with Crippen molar-refractivity contribution in [1.29, 1.82) is 0 Å². The van der Waals surface area contributed by atoms with E-state index in [1.165, 1.54) is 32.1 Å². The molecule has 2 aliphatic rings. The van der Waals surface area contributed by atoms with E-state index in [2.05, 4.69) is 24.5 Å². The van der Waals surface area contributed by atoms with Crippen LogP contribution in [0.15, 0.2) is 0 Å². The summed E-state index contributed by atoms with van der Waals surface area (Å²) in [6, 6.07) is 0.431. The summed E-state index contributed by atoms with van der Waals surface area (Å²) in [5.41, 5.74) is -0.130. The fourth-order valence-corrected chi connectivity index (χ4v) is 4.02. The van der Waals surface area contributed by atoms with Gasteiger partial charge in [-0.1, -0.05) is 26.7 Å². The molecule has 1 atom stereocenters. The van der Waals surface area contributed by atoms with Crippen molar-refractivity contribution in [1.82, 2.24) is 10.6 Å². The third kappa shape index (κ3) is 3.75. The molecule has 1 saturated heterocycles. The lowest BCUT2D eigenvalue weighted by molar-refractivity contribution is -0.133. The van der Waals surface area contributed by atoms with Crippen LogP contribution < -0.4 is 10.6 Å². The van der Waals surface area contributed by atoms with Gasteiger partial charge in [-0.15, -0.1) is 0 Å². The van der Waals surface area contributed by atoms with Crippen molar-refractivity contribution in [2.24, 2.45) is 11.3 Å². The molecule has 1 aliphatic carbocycles. The lowest BCUT2D eigenvalue weighted by Gasteiger charge is -2.38. The van der Waals surface area contributed by atoms with Gasteiger partial charge in [0.25, 0.3) is 0 Å². The lowest BCUT2D eigenvalue weighted by atomic mass is 9.75. The summed E-state index contributed by atoms with van der Waals surface area (Å²) < 4.78 is 0. The molecule has 0 bridgehead atoms. The summed E-state index contributed by atoms with van der Waals surface area (Å²) in [5, 5.41) is 6.81. The number of hydrogen-bond donors (Lipinski definition) is 2. The second-order valence-corrected chi connectivity index (χ2v) is 6.91. The molecule has 1 heterocycles. The first-order valence-electron chi connectivity index (χ1n) is 8.72. The highest BCUT2D eigenvalue weighted by Crippen LogP contribution is 2.33. The van der Waals surface area contributed by atoms with E-state index in [0.29, 0.717) is 11.9 Å². The minimum atomic E-state index is -0.130. The Labute approximate surface area is 124 Å². The van der Waals surface area contributed by atoms with E-state index >= 15 is 0 Å². The smallest absolute Gasteiger partial charge is 0.227 e. The Morgan fingerprint density at radius 1 is 1.25 bits per heavy atom. The van der Waals surface area contributed by atoms with Crippen LogP contribution in [0.25, 0.3) is 0 Å². The summed E-state index contributed by atoms with van der Waals surface area (Å²) in [6.07, 6.45) is 10.6. The van der Waals surface area contributed by atoms with E-state index in [4.69, 9.17) is 0 Å². The molecule has 0 spiro atoms. The third-order valence-corrected chi connectivity index (χ3v) is 5.44. The zero-order chi connectivity index (χ0) is 14.4. The molecule has 20 heavy (non-hydrogen) atoms. The van der Waals surface area contributed by atoms with Gasteiger partial charge in [0, 0.05) is 12.6 Å². The average molecular weight is 280 g/mol. The standard InChI is InChI=1S/C17H32N2O/c1-3-10-17(11-5-12-18-13-17)16(20)19-15-8-6-14(4-2)7-9-15/h14-15,18H,3-13H2,1-2H3,(H,19,20). The second kappa shape index (κ2) is 7.44. The van der Waals surface area contributed by atoms with Crippen molar-refractivity contribution in [2.45, 2.75) is 77.7 Å². The van der Waals surface area contributed by atoms with Crippen LogP contribution in [0.2, 0.25) is 0 Å². The maximum atomic E-state index is 12.8. The normalized spacial score (nSPS) is 34.7. The molecule has 1 saturated carbocycles. The van der Waals surface area contributed by atoms with Gasteiger partial charge in [0.05, 0.1) is 5.41 Å². The third-order valence-electron chi connectivity index (χ3n) is 5.44. The van der Waals surface area contributed by atoms with Crippen LogP contribution in [0.1, 0.15) is 71.6 Å². The largest absolute Gasteiger partial charge is 0.353 e. The molecule has 116 valence electrons. The van der Waals surface area contributed by atoms with Gasteiger partial charge in [-0.25, -0.2) is 0 Å². The quantitative estimate of drug-likeness (QED) is 0.811. The van der Waals surface area contributed by atoms with Gasteiger partial charge in [-0.2, -0.15) is 0 Å². The van der Waals surface area contributed by atoms with Crippen molar-refractivity contribution >= 4 is 5.91 Å². The topological polar surface area (TPSA) is 41.1 Å². The molecule has 3 nitrogen and oxygen atoms in total. The number of piperidine rings is 1. The van der Waals surface area contributed by atoms with Crippen molar-refractivity contribution in [3.05, 3.63) is 0 Å². The predicted molar refractivity (Wildman–Crippen MR) is 83.6 cm³/mol. The predicted octanol–water partition coefficient (Wildman–Crippen LogP) is 3.24. The van der Waals surface area contributed by atoms with E-state index in [1.807, 2.05) is 0 Å². The molecule has 2 rings (SSSR count). The average Bonchev–Trinajstić information content (AvgIpc) is 2.49. The molecule has 0 aromatic heterocycles. The van der Waals surface area contributed by atoms with Crippen molar-refractivity contribution in [3.63, 3.8) is 0 Å². The Kier molecular flexibility index (Phi) is 5.88. The van der Waals surface area contributed by atoms with Gasteiger partial charge in [0.15, 0.2) is 0 Å². The number of carbonyl (C=O) groups is 1. The van der Waals surface area contributed by atoms with E-state index in [1.54, 1.807) is 0 Å². The van der Waals surface area contributed by atoms with Gasteiger partial charge in [-0.3, -0.25) is 4.79 Å². The van der Waals surface area contributed by atoms with Crippen molar-refractivity contribution in [2.75, 3.05) is 13.1 Å². The first-order chi connectivity index (χ1) is 9.70.